The summed E-state index contributed by atoms with van der Waals surface area (Å²) in [4.78, 5) is 24.6. The standard InChI is InChI=1S/C14H19N5O2S2/c1-3-15-13(21)9(2)16-11(20)6-7-19-12(17-18-14(19)22)10-5-4-8-23-10/h4-5,8-9H,3,6-7H2,1-2H3,(H,15,21)(H,16,20)(H,18,22)/t9-/m1/s1. The minimum absolute atomic E-state index is 0.194. The van der Waals surface area contributed by atoms with Gasteiger partial charge in [0.2, 0.25) is 11.8 Å². The number of rotatable bonds is 7. The lowest BCUT2D eigenvalue weighted by Crippen LogP contribution is -2.44. The van der Waals surface area contributed by atoms with Crippen LogP contribution in [0.15, 0.2) is 17.5 Å². The number of H-pyrrole nitrogens is 1. The fourth-order valence-corrected chi connectivity index (χ4v) is 2.98. The van der Waals surface area contributed by atoms with Gasteiger partial charge in [-0.3, -0.25) is 19.3 Å². The fraction of sp³-hybridized carbons (Fsp3) is 0.429. The van der Waals surface area contributed by atoms with Gasteiger partial charge in [0.15, 0.2) is 10.6 Å². The predicted octanol–water partition coefficient (Wildman–Crippen LogP) is 1.70. The lowest BCUT2D eigenvalue weighted by atomic mass is 10.3. The zero-order valence-electron chi connectivity index (χ0n) is 13.0. The summed E-state index contributed by atoms with van der Waals surface area (Å²) in [5.74, 6) is 0.318. The van der Waals surface area contributed by atoms with E-state index in [1.165, 1.54) is 0 Å². The molecule has 0 saturated carbocycles. The Morgan fingerprint density at radius 2 is 2.30 bits per heavy atom. The first kappa shape index (κ1) is 17.4. The van der Waals surface area contributed by atoms with E-state index in [0.29, 0.717) is 17.9 Å². The monoisotopic (exact) mass is 353 g/mol. The molecular formula is C14H19N5O2S2. The summed E-state index contributed by atoms with van der Waals surface area (Å²) in [5, 5.41) is 14.3. The number of hydrogen-bond acceptors (Lipinski definition) is 5. The molecule has 0 aliphatic rings. The van der Waals surface area contributed by atoms with Gasteiger partial charge in [-0.2, -0.15) is 5.10 Å². The van der Waals surface area contributed by atoms with Crippen LogP contribution in [0.5, 0.6) is 0 Å². The Balaban J connectivity index is 1.96. The van der Waals surface area contributed by atoms with E-state index in [-0.39, 0.29) is 18.2 Å². The Labute approximate surface area is 143 Å². The number of nitrogens with one attached hydrogen (secondary N) is 3. The molecule has 0 spiro atoms. The number of carbonyl (C=O) groups is 2. The number of likely N-dealkylation sites (N-methyl/N-ethyl adjacent to an activating group) is 1. The van der Waals surface area contributed by atoms with Crippen LogP contribution in [0.1, 0.15) is 20.3 Å². The average Bonchev–Trinajstić information content (AvgIpc) is 3.14. The minimum Gasteiger partial charge on any atom is -0.355 e. The van der Waals surface area contributed by atoms with Crippen molar-refractivity contribution in [3.8, 4) is 10.7 Å². The summed E-state index contributed by atoms with van der Waals surface area (Å²) in [5.41, 5.74) is 0. The van der Waals surface area contributed by atoms with Crippen molar-refractivity contribution in [3.63, 3.8) is 0 Å². The van der Waals surface area contributed by atoms with Gasteiger partial charge in [-0.15, -0.1) is 11.3 Å². The summed E-state index contributed by atoms with van der Waals surface area (Å²) >= 11 is 6.77. The number of aromatic amines is 1. The van der Waals surface area contributed by atoms with Crippen LogP contribution < -0.4 is 10.6 Å². The number of aromatic nitrogens is 3. The van der Waals surface area contributed by atoms with Crippen LogP contribution >= 0.6 is 23.6 Å². The van der Waals surface area contributed by atoms with E-state index in [0.717, 1.165) is 10.7 Å². The van der Waals surface area contributed by atoms with E-state index in [4.69, 9.17) is 12.2 Å². The van der Waals surface area contributed by atoms with Gasteiger partial charge >= 0.3 is 0 Å². The molecule has 0 fully saturated rings. The third-order valence-corrected chi connectivity index (χ3v) is 4.36. The molecule has 9 heteroatoms. The maximum atomic E-state index is 12.0. The van der Waals surface area contributed by atoms with Gasteiger partial charge in [-0.1, -0.05) is 6.07 Å². The second kappa shape index (κ2) is 8.02. The zero-order chi connectivity index (χ0) is 16.8. The number of nitrogens with zero attached hydrogens (tertiary/aromatic N) is 2. The minimum atomic E-state index is -0.559. The number of thiophene rings is 1. The molecule has 23 heavy (non-hydrogen) atoms. The molecule has 3 N–H and O–H groups in total. The van der Waals surface area contributed by atoms with Crippen molar-refractivity contribution in [3.05, 3.63) is 22.3 Å². The van der Waals surface area contributed by atoms with Gasteiger partial charge in [0.1, 0.15) is 6.04 Å². The molecule has 0 unspecified atom stereocenters. The van der Waals surface area contributed by atoms with Gasteiger partial charge in [-0.05, 0) is 37.5 Å². The highest BCUT2D eigenvalue weighted by Crippen LogP contribution is 2.22. The molecule has 0 bridgehead atoms. The van der Waals surface area contributed by atoms with Gasteiger partial charge in [0.05, 0.1) is 4.88 Å². The van der Waals surface area contributed by atoms with Crippen LogP contribution in [-0.4, -0.2) is 39.2 Å². The summed E-state index contributed by atoms with van der Waals surface area (Å²) in [6.45, 7) is 4.42. The lowest BCUT2D eigenvalue weighted by molar-refractivity contribution is -0.128. The molecule has 1 atom stereocenters. The first-order valence-corrected chi connectivity index (χ1v) is 8.58. The molecule has 2 heterocycles. The summed E-state index contributed by atoms with van der Waals surface area (Å²) in [6, 6.07) is 3.32. The van der Waals surface area contributed by atoms with Crippen LogP contribution in [-0.2, 0) is 16.1 Å². The van der Waals surface area contributed by atoms with Crippen LogP contribution in [0.3, 0.4) is 0 Å². The van der Waals surface area contributed by atoms with Crippen molar-refractivity contribution in [2.75, 3.05) is 6.54 Å². The first-order valence-electron chi connectivity index (χ1n) is 7.29. The molecule has 0 aliphatic carbocycles. The molecule has 7 nitrogen and oxygen atoms in total. The second-order valence-electron chi connectivity index (χ2n) is 4.92. The highest BCUT2D eigenvalue weighted by atomic mass is 32.1. The molecule has 0 radical (unpaired) electrons. The molecule has 2 aromatic heterocycles. The second-order valence-corrected chi connectivity index (χ2v) is 6.25. The van der Waals surface area contributed by atoms with E-state index < -0.39 is 6.04 Å². The summed E-state index contributed by atoms with van der Waals surface area (Å²) < 4.78 is 2.26. The van der Waals surface area contributed by atoms with E-state index in [2.05, 4.69) is 20.8 Å². The Morgan fingerprint density at radius 1 is 1.52 bits per heavy atom. The number of hydrogen-bond donors (Lipinski definition) is 3. The van der Waals surface area contributed by atoms with Crippen molar-refractivity contribution in [1.29, 1.82) is 0 Å². The van der Waals surface area contributed by atoms with E-state index >= 15 is 0 Å². The van der Waals surface area contributed by atoms with Gasteiger partial charge in [0, 0.05) is 19.5 Å². The highest BCUT2D eigenvalue weighted by molar-refractivity contribution is 7.71. The van der Waals surface area contributed by atoms with E-state index in [1.54, 1.807) is 22.8 Å². The highest BCUT2D eigenvalue weighted by Gasteiger charge is 2.16. The molecule has 0 aliphatic heterocycles. The number of carbonyl (C=O) groups excluding carboxylic acids is 2. The van der Waals surface area contributed by atoms with Crippen LogP contribution in [0.4, 0.5) is 0 Å². The quantitative estimate of drug-likeness (QED) is 0.661. The van der Waals surface area contributed by atoms with Crippen molar-refractivity contribution in [2.24, 2.45) is 0 Å². The van der Waals surface area contributed by atoms with Gasteiger partial charge < -0.3 is 10.6 Å². The smallest absolute Gasteiger partial charge is 0.242 e. The van der Waals surface area contributed by atoms with Crippen LogP contribution in [0, 0.1) is 4.77 Å². The summed E-state index contributed by atoms with van der Waals surface area (Å²) in [6.07, 6.45) is 0.218. The average molecular weight is 353 g/mol. The number of amides is 2. The zero-order valence-corrected chi connectivity index (χ0v) is 14.6. The third-order valence-electron chi connectivity index (χ3n) is 3.18. The van der Waals surface area contributed by atoms with E-state index in [9.17, 15) is 9.59 Å². The Morgan fingerprint density at radius 3 is 2.96 bits per heavy atom. The normalized spacial score (nSPS) is 11.9. The maximum Gasteiger partial charge on any atom is 0.242 e. The maximum absolute atomic E-state index is 12.0. The third kappa shape index (κ3) is 4.49. The van der Waals surface area contributed by atoms with E-state index in [1.807, 2.05) is 24.4 Å². The van der Waals surface area contributed by atoms with Crippen molar-refractivity contribution < 1.29 is 9.59 Å². The Kier molecular flexibility index (Phi) is 6.05. The van der Waals surface area contributed by atoms with Crippen molar-refractivity contribution >= 4 is 35.4 Å². The molecule has 0 saturated heterocycles. The summed E-state index contributed by atoms with van der Waals surface area (Å²) in [7, 11) is 0. The van der Waals surface area contributed by atoms with Crippen LogP contribution in [0.2, 0.25) is 0 Å². The van der Waals surface area contributed by atoms with Gasteiger partial charge in [0.25, 0.3) is 0 Å². The van der Waals surface area contributed by atoms with Gasteiger partial charge in [-0.25, -0.2) is 0 Å². The SMILES string of the molecule is CCNC(=O)[C@@H](C)NC(=O)CCn1c(-c2cccs2)n[nH]c1=S. The Hall–Kier alpha value is -2.00. The molecule has 2 rings (SSSR count). The van der Waals surface area contributed by atoms with Crippen LogP contribution in [0.25, 0.3) is 10.7 Å². The molecular weight excluding hydrogens is 334 g/mol. The van der Waals surface area contributed by atoms with Crippen molar-refractivity contribution in [1.82, 2.24) is 25.4 Å². The topological polar surface area (TPSA) is 91.8 Å². The largest absolute Gasteiger partial charge is 0.355 e. The first-order chi connectivity index (χ1) is 11.0. The molecule has 124 valence electrons. The predicted molar refractivity (Wildman–Crippen MR) is 91.6 cm³/mol. The Bertz CT molecular complexity index is 720. The fourth-order valence-electron chi connectivity index (χ4n) is 2.04. The lowest BCUT2D eigenvalue weighted by Gasteiger charge is -2.13. The van der Waals surface area contributed by atoms with Crippen molar-refractivity contribution in [2.45, 2.75) is 32.9 Å². The molecule has 2 aromatic rings. The molecule has 2 amide bonds. The molecule has 0 aromatic carbocycles.